The van der Waals surface area contributed by atoms with Crippen molar-refractivity contribution in [2.75, 3.05) is 5.32 Å². The van der Waals surface area contributed by atoms with Gasteiger partial charge in [0.15, 0.2) is 0 Å². The molecule has 0 aliphatic heterocycles. The van der Waals surface area contributed by atoms with Gasteiger partial charge in [0.25, 0.3) is 5.91 Å². The molecule has 0 saturated carbocycles. The van der Waals surface area contributed by atoms with E-state index in [0.717, 1.165) is 0 Å². The zero-order chi connectivity index (χ0) is 16.3. The van der Waals surface area contributed by atoms with Crippen molar-refractivity contribution in [1.82, 2.24) is 0 Å². The minimum absolute atomic E-state index is 0.0770. The Labute approximate surface area is 126 Å². The van der Waals surface area contributed by atoms with Crippen LogP contribution in [0.3, 0.4) is 0 Å². The Balaban J connectivity index is 2.24. The molecule has 5 nitrogen and oxygen atoms in total. The Bertz CT molecular complexity index is 721. The molecule has 6 heteroatoms. The molecule has 0 saturated heterocycles. The zero-order valence-corrected chi connectivity index (χ0v) is 12.3. The Morgan fingerprint density at radius 3 is 2.68 bits per heavy atom. The van der Waals surface area contributed by atoms with E-state index in [1.807, 2.05) is 6.92 Å². The third-order valence-electron chi connectivity index (χ3n) is 3.28. The fourth-order valence-corrected chi connectivity index (χ4v) is 2.18. The maximum absolute atomic E-state index is 13.7. The average molecular weight is 305 g/mol. The molecule has 2 aromatic rings. The normalized spacial score (nSPS) is 10.5. The highest BCUT2D eigenvalue weighted by Gasteiger charge is 2.20. The Morgan fingerprint density at radius 2 is 2.09 bits per heavy atom. The zero-order valence-electron chi connectivity index (χ0n) is 12.3. The van der Waals surface area contributed by atoms with Crippen LogP contribution in [0.5, 0.6) is 0 Å². The van der Waals surface area contributed by atoms with E-state index < -0.39 is 17.7 Å². The van der Waals surface area contributed by atoms with Gasteiger partial charge < -0.3 is 14.8 Å². The van der Waals surface area contributed by atoms with Gasteiger partial charge in [0.1, 0.15) is 18.0 Å². The molecular weight excluding hydrogens is 289 g/mol. The van der Waals surface area contributed by atoms with Crippen LogP contribution >= 0.6 is 0 Å². The van der Waals surface area contributed by atoms with Gasteiger partial charge in [-0.05, 0) is 31.0 Å². The fourth-order valence-electron chi connectivity index (χ4n) is 2.18. The number of rotatable bonds is 5. The van der Waals surface area contributed by atoms with Crippen LogP contribution in [0.1, 0.15) is 34.2 Å². The number of hydrogen-bond donors (Lipinski definition) is 2. The number of nitrogens with one attached hydrogen (secondary N) is 1. The molecule has 2 N–H and O–H groups in total. The van der Waals surface area contributed by atoms with Crippen molar-refractivity contribution in [1.29, 1.82) is 0 Å². The molecule has 0 aliphatic carbocycles. The van der Waals surface area contributed by atoms with Gasteiger partial charge in [0.2, 0.25) is 0 Å². The van der Waals surface area contributed by atoms with Gasteiger partial charge in [-0.3, -0.25) is 9.59 Å². The summed E-state index contributed by atoms with van der Waals surface area (Å²) >= 11 is 0. The predicted molar refractivity (Wildman–Crippen MR) is 78.5 cm³/mol. The number of anilines is 1. The van der Waals surface area contributed by atoms with E-state index in [4.69, 9.17) is 9.52 Å². The largest absolute Gasteiger partial charge is 0.481 e. The van der Waals surface area contributed by atoms with Crippen molar-refractivity contribution < 1.29 is 23.5 Å². The molecule has 1 heterocycles. The monoisotopic (exact) mass is 305 g/mol. The lowest BCUT2D eigenvalue weighted by Crippen LogP contribution is -2.15. The van der Waals surface area contributed by atoms with Crippen molar-refractivity contribution in [3.05, 3.63) is 52.7 Å². The summed E-state index contributed by atoms with van der Waals surface area (Å²) in [6.45, 7) is 3.48. The topological polar surface area (TPSA) is 79.5 Å². The van der Waals surface area contributed by atoms with Crippen LogP contribution in [0.15, 0.2) is 28.9 Å². The van der Waals surface area contributed by atoms with E-state index in [0.29, 0.717) is 23.2 Å². The third kappa shape index (κ3) is 3.33. The number of aliphatic carboxylic acids is 1. The number of halogens is 1. The van der Waals surface area contributed by atoms with E-state index in [-0.39, 0.29) is 17.7 Å². The second-order valence-electron chi connectivity index (χ2n) is 4.90. The van der Waals surface area contributed by atoms with Gasteiger partial charge in [-0.25, -0.2) is 4.39 Å². The van der Waals surface area contributed by atoms with Gasteiger partial charge in [-0.15, -0.1) is 0 Å². The number of furan rings is 1. The molecule has 2 rings (SSSR count). The predicted octanol–water partition coefficient (Wildman–Crippen LogP) is 3.17. The smallest absolute Gasteiger partial charge is 0.311 e. The highest BCUT2D eigenvalue weighted by atomic mass is 19.1. The number of carboxylic acids is 1. The van der Waals surface area contributed by atoms with Gasteiger partial charge in [0.05, 0.1) is 11.8 Å². The van der Waals surface area contributed by atoms with Crippen molar-refractivity contribution in [2.24, 2.45) is 0 Å². The highest BCUT2D eigenvalue weighted by Crippen LogP contribution is 2.21. The first-order valence-electron chi connectivity index (χ1n) is 6.81. The van der Waals surface area contributed by atoms with Gasteiger partial charge in [-0.1, -0.05) is 13.0 Å². The molecule has 0 unspecified atom stereocenters. The van der Waals surface area contributed by atoms with Crippen LogP contribution in [0.2, 0.25) is 0 Å². The quantitative estimate of drug-likeness (QED) is 0.889. The Kier molecular flexibility index (Phi) is 4.60. The summed E-state index contributed by atoms with van der Waals surface area (Å²) in [5.74, 6) is -1.93. The molecule has 0 fully saturated rings. The summed E-state index contributed by atoms with van der Waals surface area (Å²) in [5.41, 5.74) is 1.56. The number of aryl methyl sites for hydroxylation is 2. The van der Waals surface area contributed by atoms with Crippen molar-refractivity contribution in [3.63, 3.8) is 0 Å². The molecule has 1 amide bonds. The molecule has 116 valence electrons. The van der Waals surface area contributed by atoms with Crippen LogP contribution in [0, 0.1) is 12.7 Å². The van der Waals surface area contributed by atoms with E-state index in [1.54, 1.807) is 19.1 Å². The van der Waals surface area contributed by atoms with Crippen LogP contribution < -0.4 is 5.32 Å². The van der Waals surface area contributed by atoms with Crippen LogP contribution in [0.4, 0.5) is 10.1 Å². The minimum Gasteiger partial charge on any atom is -0.481 e. The summed E-state index contributed by atoms with van der Waals surface area (Å²) in [6, 6.07) is 4.44. The molecule has 0 bridgehead atoms. The number of carboxylic acid groups (broad SMARTS) is 1. The first kappa shape index (κ1) is 15.8. The molecule has 0 atom stereocenters. The highest BCUT2D eigenvalue weighted by molar-refractivity contribution is 6.06. The van der Waals surface area contributed by atoms with Crippen molar-refractivity contribution in [3.8, 4) is 0 Å². The van der Waals surface area contributed by atoms with Crippen molar-refractivity contribution in [2.45, 2.75) is 26.7 Å². The molecule has 0 aliphatic rings. The lowest BCUT2D eigenvalue weighted by Gasteiger charge is -2.08. The maximum Gasteiger partial charge on any atom is 0.311 e. The standard InChI is InChI=1S/C16H16FNO4/c1-3-10-4-5-11(6-12(10)17)18-16(21)15-9(2)8-22-13(15)7-14(19)20/h4-6,8H,3,7H2,1-2H3,(H,18,21)(H,19,20). The second-order valence-corrected chi connectivity index (χ2v) is 4.90. The third-order valence-corrected chi connectivity index (χ3v) is 3.28. The average Bonchev–Trinajstić information content (AvgIpc) is 2.79. The van der Waals surface area contributed by atoms with Crippen LogP contribution in [0.25, 0.3) is 0 Å². The van der Waals surface area contributed by atoms with Crippen LogP contribution in [-0.4, -0.2) is 17.0 Å². The number of carbonyl (C=O) groups is 2. The first-order chi connectivity index (χ1) is 10.4. The summed E-state index contributed by atoms with van der Waals surface area (Å²) in [4.78, 5) is 23.1. The molecule has 22 heavy (non-hydrogen) atoms. The Morgan fingerprint density at radius 1 is 1.36 bits per heavy atom. The molecular formula is C16H16FNO4. The second kappa shape index (κ2) is 6.43. The van der Waals surface area contributed by atoms with Gasteiger partial charge >= 0.3 is 5.97 Å². The fraction of sp³-hybridized carbons (Fsp3) is 0.250. The van der Waals surface area contributed by atoms with Gasteiger partial charge in [0, 0.05) is 11.3 Å². The lowest BCUT2D eigenvalue weighted by molar-refractivity contribution is -0.136. The van der Waals surface area contributed by atoms with E-state index >= 15 is 0 Å². The summed E-state index contributed by atoms with van der Waals surface area (Å²) in [5, 5.41) is 11.4. The number of hydrogen-bond acceptors (Lipinski definition) is 3. The molecule has 1 aromatic carbocycles. The molecule has 1 aromatic heterocycles. The number of amides is 1. The van der Waals surface area contributed by atoms with Crippen LogP contribution in [-0.2, 0) is 17.6 Å². The minimum atomic E-state index is -1.10. The van der Waals surface area contributed by atoms with E-state index in [1.165, 1.54) is 12.3 Å². The van der Waals surface area contributed by atoms with E-state index in [2.05, 4.69) is 5.32 Å². The number of benzene rings is 1. The molecule has 0 radical (unpaired) electrons. The molecule has 0 spiro atoms. The van der Waals surface area contributed by atoms with Gasteiger partial charge in [-0.2, -0.15) is 0 Å². The maximum atomic E-state index is 13.7. The van der Waals surface area contributed by atoms with Crippen molar-refractivity contribution >= 4 is 17.6 Å². The SMILES string of the molecule is CCc1ccc(NC(=O)c2c(C)coc2CC(=O)O)cc1F. The number of carbonyl (C=O) groups excluding carboxylic acids is 1. The van der Waals surface area contributed by atoms with E-state index in [9.17, 15) is 14.0 Å². The first-order valence-corrected chi connectivity index (χ1v) is 6.81. The Hall–Kier alpha value is -2.63. The lowest BCUT2D eigenvalue weighted by atomic mass is 10.1. The summed E-state index contributed by atoms with van der Waals surface area (Å²) in [7, 11) is 0. The summed E-state index contributed by atoms with van der Waals surface area (Å²) < 4.78 is 18.8. The summed E-state index contributed by atoms with van der Waals surface area (Å²) in [6.07, 6.45) is 1.50.